The summed E-state index contributed by atoms with van der Waals surface area (Å²) in [5.41, 5.74) is 0.429. The number of nitrogens with zero attached hydrogens (tertiary/aromatic N) is 1. The van der Waals surface area contributed by atoms with Crippen LogP contribution in [0.15, 0.2) is 18.2 Å². The molecule has 0 bridgehead atoms. The molecule has 0 aromatic heterocycles. The molecule has 3 nitrogen and oxygen atoms in total. The fourth-order valence-corrected chi connectivity index (χ4v) is 2.07. The van der Waals surface area contributed by atoms with Gasteiger partial charge in [-0.3, -0.25) is 0 Å². The van der Waals surface area contributed by atoms with Crippen LogP contribution in [-0.4, -0.2) is 23.5 Å². The highest BCUT2D eigenvalue weighted by Crippen LogP contribution is 2.26. The number of nitrogens with one attached hydrogen (secondary N) is 1. The number of benzene rings is 1. The number of halogens is 2. The Balaban J connectivity index is 1.91. The number of carbonyl (C=O) groups excluding carboxylic acids is 1. The molecular formula is C14H18F2N2O. The summed E-state index contributed by atoms with van der Waals surface area (Å²) in [7, 11) is 0. The Morgan fingerprint density at radius 1 is 1.32 bits per heavy atom. The first-order valence-corrected chi connectivity index (χ1v) is 6.59. The number of amides is 2. The predicted molar refractivity (Wildman–Crippen MR) is 68.6 cm³/mol. The highest BCUT2D eigenvalue weighted by atomic mass is 19.1. The third-order valence-electron chi connectivity index (χ3n) is 3.08. The summed E-state index contributed by atoms with van der Waals surface area (Å²) in [5.74, 6) is -1.26. The SMILES string of the molecule is CCCN(C(=O)NCc1cc(F)cc(F)c1)C1CC1. The van der Waals surface area contributed by atoms with Crippen molar-refractivity contribution < 1.29 is 13.6 Å². The molecule has 0 radical (unpaired) electrons. The van der Waals surface area contributed by atoms with Gasteiger partial charge in [0.1, 0.15) is 11.6 Å². The van der Waals surface area contributed by atoms with Crippen molar-refractivity contribution in [1.82, 2.24) is 10.2 Å². The molecule has 0 spiro atoms. The lowest BCUT2D eigenvalue weighted by Crippen LogP contribution is -2.41. The maximum Gasteiger partial charge on any atom is 0.317 e. The lowest BCUT2D eigenvalue weighted by molar-refractivity contribution is 0.194. The van der Waals surface area contributed by atoms with E-state index in [0.29, 0.717) is 18.2 Å². The second-order valence-corrected chi connectivity index (χ2v) is 4.86. The lowest BCUT2D eigenvalue weighted by atomic mass is 10.2. The molecule has 1 saturated carbocycles. The molecule has 0 unspecified atom stereocenters. The first kappa shape index (κ1) is 13.8. The molecule has 2 amide bonds. The van der Waals surface area contributed by atoms with Gasteiger partial charge in [-0.1, -0.05) is 6.92 Å². The van der Waals surface area contributed by atoms with Crippen LogP contribution >= 0.6 is 0 Å². The van der Waals surface area contributed by atoms with Crippen molar-refractivity contribution in [3.63, 3.8) is 0 Å². The zero-order valence-electron chi connectivity index (χ0n) is 11.0. The van der Waals surface area contributed by atoms with Crippen LogP contribution in [0.25, 0.3) is 0 Å². The van der Waals surface area contributed by atoms with Crippen molar-refractivity contribution in [3.05, 3.63) is 35.4 Å². The van der Waals surface area contributed by atoms with Crippen molar-refractivity contribution in [2.24, 2.45) is 0 Å². The monoisotopic (exact) mass is 268 g/mol. The van der Waals surface area contributed by atoms with E-state index >= 15 is 0 Å². The Morgan fingerprint density at radius 3 is 2.47 bits per heavy atom. The predicted octanol–water partition coefficient (Wildman–Crippen LogP) is 3.05. The molecule has 104 valence electrons. The van der Waals surface area contributed by atoms with Gasteiger partial charge >= 0.3 is 6.03 Å². The number of rotatable bonds is 5. The van der Waals surface area contributed by atoms with Gasteiger partial charge in [0.2, 0.25) is 0 Å². The average molecular weight is 268 g/mol. The van der Waals surface area contributed by atoms with Crippen LogP contribution in [0.5, 0.6) is 0 Å². The van der Waals surface area contributed by atoms with Gasteiger partial charge < -0.3 is 10.2 Å². The van der Waals surface area contributed by atoms with Crippen molar-refractivity contribution in [1.29, 1.82) is 0 Å². The summed E-state index contributed by atoms with van der Waals surface area (Å²) >= 11 is 0. The normalized spacial score (nSPS) is 14.3. The van der Waals surface area contributed by atoms with Gasteiger partial charge in [-0.15, -0.1) is 0 Å². The van der Waals surface area contributed by atoms with Crippen LogP contribution in [0, 0.1) is 11.6 Å². The van der Waals surface area contributed by atoms with Crippen LogP contribution in [0.1, 0.15) is 31.7 Å². The molecule has 1 N–H and O–H groups in total. The van der Waals surface area contributed by atoms with Gasteiger partial charge in [0.25, 0.3) is 0 Å². The van der Waals surface area contributed by atoms with Crippen LogP contribution in [0.4, 0.5) is 13.6 Å². The van der Waals surface area contributed by atoms with E-state index < -0.39 is 11.6 Å². The topological polar surface area (TPSA) is 32.3 Å². The van der Waals surface area contributed by atoms with Gasteiger partial charge in [0.15, 0.2) is 0 Å². The molecule has 0 saturated heterocycles. The molecule has 5 heteroatoms. The molecule has 1 aromatic carbocycles. The first-order chi connectivity index (χ1) is 9.10. The fraction of sp³-hybridized carbons (Fsp3) is 0.500. The van der Waals surface area contributed by atoms with Crippen molar-refractivity contribution in [3.8, 4) is 0 Å². The largest absolute Gasteiger partial charge is 0.334 e. The molecule has 1 aliphatic rings. The van der Waals surface area contributed by atoms with E-state index in [4.69, 9.17) is 0 Å². The van der Waals surface area contributed by atoms with E-state index in [1.54, 1.807) is 4.90 Å². The lowest BCUT2D eigenvalue weighted by Gasteiger charge is -2.22. The van der Waals surface area contributed by atoms with E-state index in [1.807, 2.05) is 6.92 Å². The van der Waals surface area contributed by atoms with Gasteiger partial charge in [0.05, 0.1) is 0 Å². The van der Waals surface area contributed by atoms with Crippen molar-refractivity contribution in [2.45, 2.75) is 38.8 Å². The molecule has 1 aliphatic carbocycles. The molecule has 1 aromatic rings. The van der Waals surface area contributed by atoms with Crippen LogP contribution in [-0.2, 0) is 6.54 Å². The Morgan fingerprint density at radius 2 is 1.95 bits per heavy atom. The van der Waals surface area contributed by atoms with Crippen LogP contribution in [0.2, 0.25) is 0 Å². The molecule has 1 fully saturated rings. The zero-order valence-corrected chi connectivity index (χ0v) is 11.0. The first-order valence-electron chi connectivity index (χ1n) is 6.59. The average Bonchev–Trinajstić information content (AvgIpc) is 3.16. The summed E-state index contributed by atoms with van der Waals surface area (Å²) < 4.78 is 26.0. The Labute approximate surface area is 111 Å². The van der Waals surface area contributed by atoms with Crippen molar-refractivity contribution in [2.75, 3.05) is 6.54 Å². The Kier molecular flexibility index (Phi) is 4.35. The Hall–Kier alpha value is -1.65. The molecule has 19 heavy (non-hydrogen) atoms. The summed E-state index contributed by atoms with van der Waals surface area (Å²) in [6, 6.07) is 3.45. The minimum atomic E-state index is -0.628. The quantitative estimate of drug-likeness (QED) is 0.874. The van der Waals surface area contributed by atoms with E-state index in [2.05, 4.69) is 5.32 Å². The summed E-state index contributed by atoms with van der Waals surface area (Å²) in [6.07, 6.45) is 2.99. The molecule has 0 aliphatic heterocycles. The van der Waals surface area contributed by atoms with E-state index in [-0.39, 0.29) is 12.6 Å². The number of hydrogen-bond donors (Lipinski definition) is 1. The summed E-state index contributed by atoms with van der Waals surface area (Å²) in [6.45, 7) is 2.87. The minimum absolute atomic E-state index is 0.139. The van der Waals surface area contributed by atoms with Gasteiger partial charge in [-0.25, -0.2) is 13.6 Å². The summed E-state index contributed by atoms with van der Waals surface area (Å²) in [4.78, 5) is 13.8. The molecule has 0 atom stereocenters. The van der Waals surface area contributed by atoms with Gasteiger partial charge in [-0.05, 0) is 37.0 Å². The highest BCUT2D eigenvalue weighted by molar-refractivity contribution is 5.74. The number of hydrogen-bond acceptors (Lipinski definition) is 1. The smallest absolute Gasteiger partial charge is 0.317 e. The Bertz CT molecular complexity index is 441. The number of urea groups is 1. The minimum Gasteiger partial charge on any atom is -0.334 e. The summed E-state index contributed by atoms with van der Waals surface area (Å²) in [5, 5.41) is 2.71. The molecule has 0 heterocycles. The second kappa shape index (κ2) is 5.99. The standard InChI is InChI=1S/C14H18F2N2O/c1-2-5-18(13-3-4-13)14(19)17-9-10-6-11(15)8-12(16)7-10/h6-8,13H,2-5,9H2,1H3,(H,17,19). The van der Waals surface area contributed by atoms with Crippen LogP contribution in [0.3, 0.4) is 0 Å². The van der Waals surface area contributed by atoms with E-state index in [0.717, 1.165) is 25.3 Å². The van der Waals surface area contributed by atoms with Gasteiger partial charge in [0, 0.05) is 25.2 Å². The molecule has 2 rings (SSSR count). The molecular weight excluding hydrogens is 250 g/mol. The van der Waals surface area contributed by atoms with E-state index in [9.17, 15) is 13.6 Å². The van der Waals surface area contributed by atoms with Crippen LogP contribution < -0.4 is 5.32 Å². The maximum atomic E-state index is 13.0. The third kappa shape index (κ3) is 3.91. The van der Waals surface area contributed by atoms with Crippen molar-refractivity contribution >= 4 is 6.03 Å². The fourth-order valence-electron chi connectivity index (χ4n) is 2.07. The third-order valence-corrected chi connectivity index (χ3v) is 3.08. The van der Waals surface area contributed by atoms with E-state index in [1.165, 1.54) is 12.1 Å². The maximum absolute atomic E-state index is 13.0. The van der Waals surface area contributed by atoms with Gasteiger partial charge in [-0.2, -0.15) is 0 Å². The number of carbonyl (C=O) groups is 1. The second-order valence-electron chi connectivity index (χ2n) is 4.86. The highest BCUT2D eigenvalue weighted by Gasteiger charge is 2.31. The zero-order chi connectivity index (χ0) is 13.8.